The first-order chi connectivity index (χ1) is 9.56. The molecule has 2 aromatic rings. The Kier molecular flexibility index (Phi) is 4.53. The maximum Gasteiger partial charge on any atom is 0.335 e. The first-order valence-corrected chi connectivity index (χ1v) is 6.61. The summed E-state index contributed by atoms with van der Waals surface area (Å²) >= 11 is 0. The average Bonchev–Trinajstić information content (AvgIpc) is 2.41. The van der Waals surface area contributed by atoms with E-state index in [-0.39, 0.29) is 0 Å². The van der Waals surface area contributed by atoms with Gasteiger partial charge in [-0.3, -0.25) is 4.90 Å². The van der Waals surface area contributed by atoms with E-state index in [1.807, 2.05) is 25.2 Å². The monoisotopic (exact) mass is 269 g/mol. The van der Waals surface area contributed by atoms with Crippen LogP contribution in [0, 0.1) is 6.92 Å². The first kappa shape index (κ1) is 14.3. The van der Waals surface area contributed by atoms with Gasteiger partial charge in [-0.25, -0.2) is 4.79 Å². The van der Waals surface area contributed by atoms with Crippen LogP contribution in [0.1, 0.15) is 27.0 Å². The van der Waals surface area contributed by atoms with E-state index < -0.39 is 5.97 Å². The maximum atomic E-state index is 11.0. The van der Waals surface area contributed by atoms with E-state index in [4.69, 9.17) is 5.11 Å². The molecule has 0 fully saturated rings. The summed E-state index contributed by atoms with van der Waals surface area (Å²) in [7, 11) is 2.04. The Morgan fingerprint density at radius 2 is 1.85 bits per heavy atom. The van der Waals surface area contributed by atoms with E-state index in [1.165, 1.54) is 11.1 Å². The molecule has 0 amide bonds. The highest BCUT2D eigenvalue weighted by Gasteiger charge is 2.06. The molecule has 1 N–H and O–H groups in total. The fourth-order valence-corrected chi connectivity index (χ4v) is 2.25. The fourth-order valence-electron chi connectivity index (χ4n) is 2.25. The molecular weight excluding hydrogens is 250 g/mol. The van der Waals surface area contributed by atoms with Gasteiger partial charge in [-0.1, -0.05) is 36.4 Å². The van der Waals surface area contributed by atoms with Gasteiger partial charge in [0, 0.05) is 13.1 Å². The highest BCUT2D eigenvalue weighted by Crippen LogP contribution is 2.13. The van der Waals surface area contributed by atoms with Gasteiger partial charge >= 0.3 is 5.97 Å². The van der Waals surface area contributed by atoms with E-state index in [9.17, 15) is 4.79 Å². The number of benzene rings is 2. The Balaban J connectivity index is 2.05. The van der Waals surface area contributed by atoms with Crippen LogP contribution in [-0.4, -0.2) is 23.0 Å². The van der Waals surface area contributed by atoms with E-state index in [0.717, 1.165) is 18.7 Å². The van der Waals surface area contributed by atoms with Crippen molar-refractivity contribution in [1.82, 2.24) is 4.90 Å². The number of carboxylic acid groups (broad SMARTS) is 1. The second-order valence-corrected chi connectivity index (χ2v) is 5.10. The van der Waals surface area contributed by atoms with Crippen LogP contribution in [0.25, 0.3) is 0 Å². The van der Waals surface area contributed by atoms with Crippen molar-refractivity contribution in [3.63, 3.8) is 0 Å². The van der Waals surface area contributed by atoms with Crippen LogP contribution in [0.2, 0.25) is 0 Å². The van der Waals surface area contributed by atoms with Crippen molar-refractivity contribution in [2.45, 2.75) is 20.0 Å². The third-order valence-electron chi connectivity index (χ3n) is 3.33. The minimum absolute atomic E-state index is 0.340. The molecule has 0 radical (unpaired) electrons. The van der Waals surface area contributed by atoms with Crippen LogP contribution in [-0.2, 0) is 13.1 Å². The minimum atomic E-state index is -0.881. The fraction of sp³-hybridized carbons (Fsp3) is 0.235. The number of nitrogens with zero attached hydrogens (tertiary/aromatic N) is 1. The normalized spacial score (nSPS) is 10.8. The molecular formula is C17H19NO2. The molecule has 0 unspecified atom stereocenters. The van der Waals surface area contributed by atoms with Gasteiger partial charge in [0.25, 0.3) is 0 Å². The van der Waals surface area contributed by atoms with Crippen molar-refractivity contribution in [2.24, 2.45) is 0 Å². The molecule has 0 aliphatic carbocycles. The van der Waals surface area contributed by atoms with Crippen molar-refractivity contribution in [3.8, 4) is 0 Å². The zero-order valence-corrected chi connectivity index (χ0v) is 11.8. The lowest BCUT2D eigenvalue weighted by molar-refractivity contribution is 0.0696. The summed E-state index contributed by atoms with van der Waals surface area (Å²) in [5.41, 5.74) is 3.93. The highest BCUT2D eigenvalue weighted by atomic mass is 16.4. The summed E-state index contributed by atoms with van der Waals surface area (Å²) in [6.45, 7) is 3.69. The molecule has 3 nitrogen and oxygen atoms in total. The number of aromatic carboxylic acids is 1. The second-order valence-electron chi connectivity index (χ2n) is 5.10. The van der Waals surface area contributed by atoms with Crippen LogP contribution >= 0.6 is 0 Å². The third-order valence-corrected chi connectivity index (χ3v) is 3.33. The summed E-state index contributed by atoms with van der Waals surface area (Å²) in [5, 5.41) is 9.00. The standard InChI is InChI=1S/C17H19NO2/c1-13-6-3-4-8-16(13)12-18(2)11-14-7-5-9-15(10-14)17(19)20/h3-10H,11-12H2,1-2H3,(H,19,20). The summed E-state index contributed by atoms with van der Waals surface area (Å²) in [6.07, 6.45) is 0. The Morgan fingerprint density at radius 1 is 1.10 bits per heavy atom. The van der Waals surface area contributed by atoms with Gasteiger partial charge in [0.15, 0.2) is 0 Å². The average molecular weight is 269 g/mol. The van der Waals surface area contributed by atoms with Crippen LogP contribution in [0.4, 0.5) is 0 Å². The van der Waals surface area contributed by atoms with E-state index in [0.29, 0.717) is 5.56 Å². The molecule has 2 aromatic carbocycles. The zero-order chi connectivity index (χ0) is 14.5. The predicted octanol–water partition coefficient (Wildman–Crippen LogP) is 3.33. The molecule has 0 aliphatic rings. The van der Waals surface area contributed by atoms with E-state index in [2.05, 4.69) is 24.0 Å². The van der Waals surface area contributed by atoms with E-state index in [1.54, 1.807) is 18.2 Å². The summed E-state index contributed by atoms with van der Waals surface area (Å²) in [5.74, 6) is -0.881. The third kappa shape index (κ3) is 3.68. The Labute approximate surface area is 119 Å². The van der Waals surface area contributed by atoms with Crippen molar-refractivity contribution in [3.05, 3.63) is 70.8 Å². The van der Waals surface area contributed by atoms with Crippen LogP contribution < -0.4 is 0 Å². The minimum Gasteiger partial charge on any atom is -0.478 e. The summed E-state index contributed by atoms with van der Waals surface area (Å²) in [4.78, 5) is 13.1. The number of rotatable bonds is 5. The van der Waals surface area contributed by atoms with E-state index >= 15 is 0 Å². The van der Waals surface area contributed by atoms with Crippen LogP contribution in [0.5, 0.6) is 0 Å². The molecule has 104 valence electrons. The number of hydrogen-bond donors (Lipinski definition) is 1. The van der Waals surface area contributed by atoms with Gasteiger partial charge in [0.1, 0.15) is 0 Å². The lowest BCUT2D eigenvalue weighted by Gasteiger charge is -2.18. The van der Waals surface area contributed by atoms with Gasteiger partial charge in [-0.2, -0.15) is 0 Å². The van der Waals surface area contributed by atoms with Crippen LogP contribution in [0.15, 0.2) is 48.5 Å². The quantitative estimate of drug-likeness (QED) is 0.905. The number of hydrogen-bond acceptors (Lipinski definition) is 2. The zero-order valence-electron chi connectivity index (χ0n) is 11.8. The van der Waals surface area contributed by atoms with Crippen molar-refractivity contribution < 1.29 is 9.90 Å². The summed E-state index contributed by atoms with van der Waals surface area (Å²) < 4.78 is 0. The van der Waals surface area contributed by atoms with Gasteiger partial charge < -0.3 is 5.11 Å². The van der Waals surface area contributed by atoms with Gasteiger partial charge in [-0.05, 0) is 42.8 Å². The van der Waals surface area contributed by atoms with Gasteiger partial charge in [0.2, 0.25) is 0 Å². The molecule has 0 aliphatic heterocycles. The molecule has 0 spiro atoms. The molecule has 0 heterocycles. The van der Waals surface area contributed by atoms with Crippen molar-refractivity contribution >= 4 is 5.97 Å². The number of carboxylic acids is 1. The molecule has 0 atom stereocenters. The molecule has 0 saturated carbocycles. The molecule has 20 heavy (non-hydrogen) atoms. The molecule has 0 saturated heterocycles. The molecule has 2 rings (SSSR count). The lowest BCUT2D eigenvalue weighted by atomic mass is 10.1. The predicted molar refractivity (Wildman–Crippen MR) is 79.8 cm³/mol. The maximum absolute atomic E-state index is 11.0. The second kappa shape index (κ2) is 6.35. The SMILES string of the molecule is Cc1ccccc1CN(C)Cc1cccc(C(=O)O)c1. The molecule has 3 heteroatoms. The van der Waals surface area contributed by atoms with Crippen molar-refractivity contribution in [1.29, 1.82) is 0 Å². The van der Waals surface area contributed by atoms with Crippen LogP contribution in [0.3, 0.4) is 0 Å². The lowest BCUT2D eigenvalue weighted by Crippen LogP contribution is -2.18. The number of carbonyl (C=O) groups is 1. The summed E-state index contributed by atoms with van der Waals surface area (Å²) in [6, 6.07) is 15.4. The molecule has 0 aromatic heterocycles. The Hall–Kier alpha value is -2.13. The van der Waals surface area contributed by atoms with Gasteiger partial charge in [-0.15, -0.1) is 0 Å². The smallest absolute Gasteiger partial charge is 0.335 e. The first-order valence-electron chi connectivity index (χ1n) is 6.61. The molecule has 0 bridgehead atoms. The van der Waals surface area contributed by atoms with Crippen molar-refractivity contribution in [2.75, 3.05) is 7.05 Å². The van der Waals surface area contributed by atoms with Gasteiger partial charge in [0.05, 0.1) is 5.56 Å². The Morgan fingerprint density at radius 3 is 2.55 bits per heavy atom. The number of aryl methyl sites for hydroxylation is 1. The topological polar surface area (TPSA) is 40.5 Å². The Bertz CT molecular complexity index is 607. The largest absolute Gasteiger partial charge is 0.478 e. The highest BCUT2D eigenvalue weighted by molar-refractivity contribution is 5.87.